The highest BCUT2D eigenvalue weighted by atomic mass is 16.4. The van der Waals surface area contributed by atoms with Gasteiger partial charge in [-0.25, -0.2) is 4.79 Å². The summed E-state index contributed by atoms with van der Waals surface area (Å²) in [5.74, 6) is 0. The standard InChI is InChI=1S/C7H15N.C3H7NO2/c1-8-7-5-3-2-4-6-7;1-4(2)3(5)6/h7-8H,2-6H2,1H3;1-2H3,(H,5,6). The van der Waals surface area contributed by atoms with Crippen molar-refractivity contribution in [3.8, 4) is 0 Å². The molecule has 1 aliphatic rings. The zero-order valence-corrected chi connectivity index (χ0v) is 9.42. The van der Waals surface area contributed by atoms with E-state index in [0.29, 0.717) is 0 Å². The fourth-order valence-electron chi connectivity index (χ4n) is 1.39. The van der Waals surface area contributed by atoms with Gasteiger partial charge in [-0.1, -0.05) is 19.3 Å². The molecule has 84 valence electrons. The van der Waals surface area contributed by atoms with E-state index in [1.54, 1.807) is 0 Å². The lowest BCUT2D eigenvalue weighted by atomic mass is 9.96. The van der Waals surface area contributed by atoms with Crippen LogP contribution in [0.25, 0.3) is 0 Å². The molecule has 1 rings (SSSR count). The molecule has 0 spiro atoms. The van der Waals surface area contributed by atoms with Gasteiger partial charge >= 0.3 is 6.09 Å². The highest BCUT2D eigenvalue weighted by Crippen LogP contribution is 2.16. The van der Waals surface area contributed by atoms with E-state index in [2.05, 4.69) is 12.4 Å². The molecule has 0 bridgehead atoms. The molecule has 14 heavy (non-hydrogen) atoms. The first kappa shape index (κ1) is 13.2. The first-order valence-corrected chi connectivity index (χ1v) is 5.15. The predicted molar refractivity (Wildman–Crippen MR) is 57.6 cm³/mol. The Labute approximate surface area is 86.3 Å². The average molecular weight is 202 g/mol. The lowest BCUT2D eigenvalue weighted by molar-refractivity contribution is 0.165. The van der Waals surface area contributed by atoms with Crippen molar-refractivity contribution in [2.24, 2.45) is 0 Å². The molecule has 1 amide bonds. The van der Waals surface area contributed by atoms with Crippen LogP contribution >= 0.6 is 0 Å². The van der Waals surface area contributed by atoms with E-state index in [4.69, 9.17) is 5.11 Å². The van der Waals surface area contributed by atoms with Gasteiger partial charge in [0, 0.05) is 20.1 Å². The van der Waals surface area contributed by atoms with Gasteiger partial charge in [0.1, 0.15) is 0 Å². The summed E-state index contributed by atoms with van der Waals surface area (Å²) < 4.78 is 0. The molecule has 0 aromatic heterocycles. The summed E-state index contributed by atoms with van der Waals surface area (Å²) >= 11 is 0. The third-order valence-corrected chi connectivity index (χ3v) is 2.40. The van der Waals surface area contributed by atoms with Gasteiger partial charge in [-0.3, -0.25) is 0 Å². The molecule has 0 unspecified atom stereocenters. The number of nitrogens with zero attached hydrogens (tertiary/aromatic N) is 1. The molecule has 0 aromatic carbocycles. The minimum Gasteiger partial charge on any atom is -0.465 e. The van der Waals surface area contributed by atoms with Crippen LogP contribution in [0, 0.1) is 0 Å². The Morgan fingerprint density at radius 3 is 1.93 bits per heavy atom. The van der Waals surface area contributed by atoms with Crippen molar-refractivity contribution in [2.45, 2.75) is 38.1 Å². The van der Waals surface area contributed by atoms with Gasteiger partial charge in [-0.2, -0.15) is 0 Å². The Bertz CT molecular complexity index is 154. The molecule has 4 nitrogen and oxygen atoms in total. The Morgan fingerprint density at radius 2 is 1.71 bits per heavy atom. The largest absolute Gasteiger partial charge is 0.465 e. The highest BCUT2D eigenvalue weighted by Gasteiger charge is 2.09. The minimum atomic E-state index is -0.907. The maximum Gasteiger partial charge on any atom is 0.406 e. The Hall–Kier alpha value is -0.770. The van der Waals surface area contributed by atoms with E-state index in [1.165, 1.54) is 46.2 Å². The smallest absolute Gasteiger partial charge is 0.406 e. The Morgan fingerprint density at radius 1 is 1.29 bits per heavy atom. The molecule has 0 radical (unpaired) electrons. The first-order valence-electron chi connectivity index (χ1n) is 5.15. The van der Waals surface area contributed by atoms with Crippen LogP contribution in [0.5, 0.6) is 0 Å². The lowest BCUT2D eigenvalue weighted by Gasteiger charge is -2.20. The molecule has 2 N–H and O–H groups in total. The normalized spacial score (nSPS) is 16.8. The zero-order valence-electron chi connectivity index (χ0n) is 9.42. The van der Waals surface area contributed by atoms with Gasteiger partial charge in [0.15, 0.2) is 0 Å². The summed E-state index contributed by atoms with van der Waals surface area (Å²) in [4.78, 5) is 10.7. The number of amides is 1. The van der Waals surface area contributed by atoms with Crippen molar-refractivity contribution in [1.82, 2.24) is 10.2 Å². The molecule has 4 heteroatoms. The molecular weight excluding hydrogens is 180 g/mol. The Kier molecular flexibility index (Phi) is 7.20. The monoisotopic (exact) mass is 202 g/mol. The summed E-state index contributed by atoms with van der Waals surface area (Å²) in [6, 6.07) is 0.837. The molecule has 1 aliphatic carbocycles. The van der Waals surface area contributed by atoms with E-state index in [-0.39, 0.29) is 0 Å². The van der Waals surface area contributed by atoms with Gasteiger partial charge in [0.05, 0.1) is 0 Å². The van der Waals surface area contributed by atoms with Crippen molar-refractivity contribution in [3.05, 3.63) is 0 Å². The third-order valence-electron chi connectivity index (χ3n) is 2.40. The number of rotatable bonds is 1. The second kappa shape index (κ2) is 7.62. The molecule has 0 heterocycles. The molecule has 0 aromatic rings. The van der Waals surface area contributed by atoms with Crippen LogP contribution in [0.3, 0.4) is 0 Å². The molecule has 1 saturated carbocycles. The minimum absolute atomic E-state index is 0.837. The maximum absolute atomic E-state index is 9.62. The molecule has 0 saturated heterocycles. The number of nitrogens with one attached hydrogen (secondary N) is 1. The van der Waals surface area contributed by atoms with Gasteiger partial charge in [0.2, 0.25) is 0 Å². The fourth-order valence-corrected chi connectivity index (χ4v) is 1.39. The molecule has 1 fully saturated rings. The number of hydrogen-bond donors (Lipinski definition) is 2. The van der Waals surface area contributed by atoms with Crippen LogP contribution in [0.4, 0.5) is 4.79 Å². The average Bonchev–Trinajstić information content (AvgIpc) is 2.20. The summed E-state index contributed by atoms with van der Waals surface area (Å²) in [5, 5.41) is 11.2. The second-order valence-corrected chi connectivity index (χ2v) is 3.80. The van der Waals surface area contributed by atoms with Crippen LogP contribution < -0.4 is 5.32 Å². The fraction of sp³-hybridized carbons (Fsp3) is 0.900. The van der Waals surface area contributed by atoms with Gasteiger partial charge in [-0.15, -0.1) is 0 Å². The SMILES string of the molecule is CN(C)C(=O)O.CNC1CCCCC1. The second-order valence-electron chi connectivity index (χ2n) is 3.80. The molecule has 0 aliphatic heterocycles. The Balaban J connectivity index is 0.000000255. The lowest BCUT2D eigenvalue weighted by Crippen LogP contribution is -2.26. The maximum atomic E-state index is 9.62. The van der Waals surface area contributed by atoms with E-state index in [9.17, 15) is 4.79 Å². The summed E-state index contributed by atoms with van der Waals surface area (Å²) in [5.41, 5.74) is 0. The van der Waals surface area contributed by atoms with Crippen molar-refractivity contribution >= 4 is 6.09 Å². The van der Waals surface area contributed by atoms with E-state index in [0.717, 1.165) is 10.9 Å². The van der Waals surface area contributed by atoms with Crippen molar-refractivity contribution < 1.29 is 9.90 Å². The summed E-state index contributed by atoms with van der Waals surface area (Å²) in [6.07, 6.45) is 6.22. The zero-order chi connectivity index (χ0) is 11.0. The van der Waals surface area contributed by atoms with Gasteiger partial charge in [0.25, 0.3) is 0 Å². The molecular formula is C10H22N2O2. The summed E-state index contributed by atoms with van der Waals surface area (Å²) in [6.45, 7) is 0. The van der Waals surface area contributed by atoms with Crippen LogP contribution in [0.1, 0.15) is 32.1 Å². The number of carbonyl (C=O) groups is 1. The van der Waals surface area contributed by atoms with Crippen LogP contribution in [0.15, 0.2) is 0 Å². The van der Waals surface area contributed by atoms with Crippen molar-refractivity contribution in [1.29, 1.82) is 0 Å². The summed E-state index contributed by atoms with van der Waals surface area (Å²) in [7, 11) is 5.01. The predicted octanol–water partition coefficient (Wildman–Crippen LogP) is 1.76. The van der Waals surface area contributed by atoms with Crippen LogP contribution in [0.2, 0.25) is 0 Å². The van der Waals surface area contributed by atoms with Crippen molar-refractivity contribution in [2.75, 3.05) is 21.1 Å². The van der Waals surface area contributed by atoms with Crippen LogP contribution in [-0.2, 0) is 0 Å². The van der Waals surface area contributed by atoms with E-state index >= 15 is 0 Å². The first-order chi connectivity index (χ1) is 6.57. The van der Waals surface area contributed by atoms with Gasteiger partial charge in [-0.05, 0) is 19.9 Å². The number of carboxylic acid groups (broad SMARTS) is 1. The number of hydrogen-bond acceptors (Lipinski definition) is 2. The van der Waals surface area contributed by atoms with Crippen molar-refractivity contribution in [3.63, 3.8) is 0 Å². The third kappa shape index (κ3) is 6.71. The molecule has 0 atom stereocenters. The van der Waals surface area contributed by atoms with Crippen LogP contribution in [-0.4, -0.2) is 43.3 Å². The quantitative estimate of drug-likeness (QED) is 0.681. The topological polar surface area (TPSA) is 52.6 Å². The highest BCUT2D eigenvalue weighted by molar-refractivity contribution is 5.63. The van der Waals surface area contributed by atoms with E-state index < -0.39 is 6.09 Å². The van der Waals surface area contributed by atoms with Gasteiger partial charge < -0.3 is 15.3 Å². The van der Waals surface area contributed by atoms with E-state index in [1.807, 2.05) is 0 Å².